The van der Waals surface area contributed by atoms with Gasteiger partial charge in [-0.15, -0.1) is 0 Å². The van der Waals surface area contributed by atoms with Crippen LogP contribution in [0.25, 0.3) is 6.08 Å². The molecular formula is C16H21NO3. The molecule has 0 aliphatic rings. The molecule has 0 spiro atoms. The van der Waals surface area contributed by atoms with Crippen molar-refractivity contribution in [1.29, 1.82) is 0 Å². The van der Waals surface area contributed by atoms with Crippen LogP contribution < -0.4 is 5.32 Å². The van der Waals surface area contributed by atoms with Gasteiger partial charge < -0.3 is 10.4 Å². The highest BCUT2D eigenvalue weighted by Crippen LogP contribution is 2.12. The van der Waals surface area contributed by atoms with E-state index in [4.69, 9.17) is 5.11 Å². The lowest BCUT2D eigenvalue weighted by Crippen LogP contribution is -2.33. The minimum absolute atomic E-state index is 0.118. The predicted octanol–water partition coefficient (Wildman–Crippen LogP) is 3.01. The number of hydrogen-bond acceptors (Lipinski definition) is 2. The quantitative estimate of drug-likeness (QED) is 0.784. The Balaban J connectivity index is 2.95. The van der Waals surface area contributed by atoms with Crippen LogP contribution in [0.3, 0.4) is 0 Å². The average Bonchev–Trinajstić information content (AvgIpc) is 2.41. The van der Waals surface area contributed by atoms with Crippen LogP contribution in [0, 0.1) is 6.92 Å². The lowest BCUT2D eigenvalue weighted by molar-refractivity contribution is -0.131. The maximum atomic E-state index is 12.2. The van der Waals surface area contributed by atoms with E-state index in [1.54, 1.807) is 12.1 Å². The summed E-state index contributed by atoms with van der Waals surface area (Å²) in [7, 11) is 0. The number of carbonyl (C=O) groups is 2. The van der Waals surface area contributed by atoms with Crippen molar-refractivity contribution < 1.29 is 14.7 Å². The number of benzene rings is 1. The topological polar surface area (TPSA) is 66.4 Å². The van der Waals surface area contributed by atoms with Crippen LogP contribution in [0.1, 0.15) is 48.2 Å². The Kier molecular flexibility index (Phi) is 5.97. The van der Waals surface area contributed by atoms with Crippen molar-refractivity contribution in [3.63, 3.8) is 0 Å². The molecule has 1 rings (SSSR count). The molecule has 108 valence electrons. The molecule has 0 bridgehead atoms. The Morgan fingerprint density at radius 2 is 1.90 bits per heavy atom. The highest BCUT2D eigenvalue weighted by molar-refractivity contribution is 5.95. The molecule has 2 N–H and O–H groups in total. The number of aliphatic carboxylic acids is 1. The van der Waals surface area contributed by atoms with E-state index in [9.17, 15) is 9.59 Å². The van der Waals surface area contributed by atoms with E-state index in [1.165, 1.54) is 6.08 Å². The van der Waals surface area contributed by atoms with Gasteiger partial charge in [-0.1, -0.05) is 19.9 Å². The van der Waals surface area contributed by atoms with Crippen LogP contribution >= 0.6 is 0 Å². The van der Waals surface area contributed by atoms with Crippen LogP contribution in [-0.4, -0.2) is 23.0 Å². The van der Waals surface area contributed by atoms with Crippen LogP contribution in [0.4, 0.5) is 0 Å². The summed E-state index contributed by atoms with van der Waals surface area (Å²) in [5.41, 5.74) is 2.19. The van der Waals surface area contributed by atoms with Gasteiger partial charge >= 0.3 is 5.97 Å². The maximum absolute atomic E-state index is 12.2. The van der Waals surface area contributed by atoms with E-state index in [0.717, 1.165) is 24.5 Å². The minimum Gasteiger partial charge on any atom is -0.478 e. The molecule has 0 atom stereocenters. The highest BCUT2D eigenvalue weighted by atomic mass is 16.4. The van der Waals surface area contributed by atoms with E-state index in [2.05, 4.69) is 5.32 Å². The van der Waals surface area contributed by atoms with Crippen LogP contribution in [0.2, 0.25) is 0 Å². The van der Waals surface area contributed by atoms with Crippen molar-refractivity contribution in [1.82, 2.24) is 5.32 Å². The van der Waals surface area contributed by atoms with Gasteiger partial charge in [-0.3, -0.25) is 4.79 Å². The molecule has 0 heterocycles. The van der Waals surface area contributed by atoms with Gasteiger partial charge in [0, 0.05) is 17.7 Å². The smallest absolute Gasteiger partial charge is 0.328 e. The van der Waals surface area contributed by atoms with Gasteiger partial charge in [-0.25, -0.2) is 4.79 Å². The van der Waals surface area contributed by atoms with Crippen molar-refractivity contribution >= 4 is 18.0 Å². The SMILES string of the molecule is CCC(CC)NC(=O)c1cc(C)cc(/C=C/C(=O)O)c1. The van der Waals surface area contributed by atoms with Gasteiger partial charge in [0.05, 0.1) is 0 Å². The largest absolute Gasteiger partial charge is 0.478 e. The molecule has 4 nitrogen and oxygen atoms in total. The molecule has 0 aliphatic heterocycles. The second-order valence-electron chi connectivity index (χ2n) is 4.79. The molecule has 0 fully saturated rings. The van der Waals surface area contributed by atoms with Crippen molar-refractivity contribution in [3.8, 4) is 0 Å². The minimum atomic E-state index is -1.01. The fraction of sp³-hybridized carbons (Fsp3) is 0.375. The first kappa shape index (κ1) is 16.0. The molecule has 0 saturated heterocycles. The Hall–Kier alpha value is -2.10. The monoisotopic (exact) mass is 275 g/mol. The summed E-state index contributed by atoms with van der Waals surface area (Å²) in [5, 5.41) is 11.6. The zero-order valence-corrected chi connectivity index (χ0v) is 12.1. The second-order valence-corrected chi connectivity index (χ2v) is 4.79. The van der Waals surface area contributed by atoms with E-state index in [1.807, 2.05) is 26.8 Å². The van der Waals surface area contributed by atoms with Crippen molar-refractivity contribution in [2.75, 3.05) is 0 Å². The third-order valence-electron chi connectivity index (χ3n) is 3.10. The number of carboxylic acid groups (broad SMARTS) is 1. The van der Waals surface area contributed by atoms with Crippen molar-refractivity contribution in [2.24, 2.45) is 0 Å². The Morgan fingerprint density at radius 3 is 2.45 bits per heavy atom. The number of amides is 1. The maximum Gasteiger partial charge on any atom is 0.328 e. The summed E-state index contributed by atoms with van der Waals surface area (Å²) in [6.45, 7) is 5.95. The molecule has 1 aromatic carbocycles. The van der Waals surface area contributed by atoms with E-state index in [-0.39, 0.29) is 11.9 Å². The third kappa shape index (κ3) is 4.88. The molecule has 0 radical (unpaired) electrons. The van der Waals surface area contributed by atoms with Gasteiger partial charge in [-0.2, -0.15) is 0 Å². The second kappa shape index (κ2) is 7.48. The summed E-state index contributed by atoms with van der Waals surface area (Å²) >= 11 is 0. The number of rotatable bonds is 6. The fourth-order valence-electron chi connectivity index (χ4n) is 1.97. The Morgan fingerprint density at radius 1 is 1.25 bits per heavy atom. The Labute approximate surface area is 119 Å². The standard InChI is InChI=1S/C16H21NO3/c1-4-14(5-2)17-16(20)13-9-11(3)8-12(10-13)6-7-15(18)19/h6-10,14H,4-5H2,1-3H3,(H,17,20)(H,18,19)/b7-6+. The van der Waals surface area contributed by atoms with Gasteiger partial charge in [0.15, 0.2) is 0 Å². The van der Waals surface area contributed by atoms with E-state index >= 15 is 0 Å². The molecule has 0 saturated carbocycles. The summed E-state index contributed by atoms with van der Waals surface area (Å²) in [6, 6.07) is 5.51. The zero-order chi connectivity index (χ0) is 15.1. The zero-order valence-electron chi connectivity index (χ0n) is 12.1. The van der Waals surface area contributed by atoms with Crippen LogP contribution in [0.15, 0.2) is 24.3 Å². The van der Waals surface area contributed by atoms with Crippen LogP contribution in [0.5, 0.6) is 0 Å². The lowest BCUT2D eigenvalue weighted by atomic mass is 10.0. The van der Waals surface area contributed by atoms with Gasteiger partial charge in [0.2, 0.25) is 0 Å². The Bertz CT molecular complexity index is 516. The number of carbonyl (C=O) groups excluding carboxylic acids is 1. The molecule has 4 heteroatoms. The van der Waals surface area contributed by atoms with Crippen molar-refractivity contribution in [2.45, 2.75) is 39.7 Å². The van der Waals surface area contributed by atoms with Gasteiger partial charge in [0.1, 0.15) is 0 Å². The normalized spacial score (nSPS) is 11.0. The number of carboxylic acids is 1. The first-order chi connectivity index (χ1) is 9.46. The van der Waals surface area contributed by atoms with E-state index in [0.29, 0.717) is 11.1 Å². The molecule has 1 amide bonds. The summed E-state index contributed by atoms with van der Waals surface area (Å²) in [6.07, 6.45) is 4.33. The average molecular weight is 275 g/mol. The summed E-state index contributed by atoms with van der Waals surface area (Å²) < 4.78 is 0. The van der Waals surface area contributed by atoms with Gasteiger partial charge in [0.25, 0.3) is 5.91 Å². The third-order valence-corrected chi connectivity index (χ3v) is 3.10. The van der Waals surface area contributed by atoms with E-state index < -0.39 is 5.97 Å². The number of hydrogen-bond donors (Lipinski definition) is 2. The van der Waals surface area contributed by atoms with Gasteiger partial charge in [-0.05, 0) is 49.1 Å². The first-order valence-electron chi connectivity index (χ1n) is 6.79. The molecule has 20 heavy (non-hydrogen) atoms. The number of nitrogens with one attached hydrogen (secondary N) is 1. The summed E-state index contributed by atoms with van der Waals surface area (Å²) in [5.74, 6) is -1.12. The highest BCUT2D eigenvalue weighted by Gasteiger charge is 2.11. The lowest BCUT2D eigenvalue weighted by Gasteiger charge is -2.15. The number of aryl methyl sites for hydroxylation is 1. The first-order valence-corrected chi connectivity index (χ1v) is 6.79. The molecular weight excluding hydrogens is 254 g/mol. The predicted molar refractivity (Wildman–Crippen MR) is 79.7 cm³/mol. The molecule has 0 aliphatic carbocycles. The van der Waals surface area contributed by atoms with Crippen molar-refractivity contribution in [3.05, 3.63) is 41.0 Å². The van der Waals surface area contributed by atoms with Crippen LogP contribution in [-0.2, 0) is 4.79 Å². The molecule has 1 aromatic rings. The fourth-order valence-corrected chi connectivity index (χ4v) is 1.97. The molecule has 0 aromatic heterocycles. The summed E-state index contributed by atoms with van der Waals surface area (Å²) in [4.78, 5) is 22.7. The molecule has 0 unspecified atom stereocenters.